The molecule has 0 bridgehead atoms. The van der Waals surface area contributed by atoms with Gasteiger partial charge in [-0.3, -0.25) is 4.98 Å². The van der Waals surface area contributed by atoms with E-state index in [2.05, 4.69) is 21.9 Å². The van der Waals surface area contributed by atoms with E-state index in [1.54, 1.807) is 18.3 Å². The zero-order valence-corrected chi connectivity index (χ0v) is 17.7. The summed E-state index contributed by atoms with van der Waals surface area (Å²) in [6.07, 6.45) is 5.65. The summed E-state index contributed by atoms with van der Waals surface area (Å²) in [6.45, 7) is 2.06. The predicted octanol–water partition coefficient (Wildman–Crippen LogP) is 7.26. The number of benzene rings is 2. The predicted molar refractivity (Wildman–Crippen MR) is 116 cm³/mol. The molecule has 4 aromatic rings. The van der Waals surface area contributed by atoms with Crippen LogP contribution in [-0.4, -0.2) is 15.0 Å². The van der Waals surface area contributed by atoms with Gasteiger partial charge in [-0.25, -0.2) is 18.2 Å². The van der Waals surface area contributed by atoms with Crippen LogP contribution in [0.5, 0.6) is 0 Å². The summed E-state index contributed by atoms with van der Waals surface area (Å²) < 4.78 is 41.6. The Morgan fingerprint density at radius 1 is 1.06 bits per heavy atom. The number of fused-ring (bicyclic) bond motifs is 2. The number of pyridine rings is 1. The zero-order chi connectivity index (χ0) is 21.7. The van der Waals surface area contributed by atoms with E-state index < -0.39 is 11.6 Å². The quantitative estimate of drug-likeness (QED) is 0.338. The lowest BCUT2D eigenvalue weighted by Crippen LogP contribution is -2.19. The third-order valence-corrected chi connectivity index (χ3v) is 7.02. The van der Waals surface area contributed by atoms with E-state index in [1.165, 1.54) is 6.07 Å². The van der Waals surface area contributed by atoms with E-state index in [0.717, 1.165) is 48.2 Å². The molecule has 1 saturated carbocycles. The van der Waals surface area contributed by atoms with Crippen molar-refractivity contribution in [3.05, 3.63) is 70.4 Å². The van der Waals surface area contributed by atoms with Crippen LogP contribution in [0.2, 0.25) is 5.02 Å². The molecule has 1 N–H and O–H groups in total. The van der Waals surface area contributed by atoms with Gasteiger partial charge in [-0.2, -0.15) is 0 Å². The minimum atomic E-state index is -0.996. The number of rotatable bonds is 3. The molecule has 7 heteroatoms. The molecule has 1 aliphatic rings. The van der Waals surface area contributed by atoms with Gasteiger partial charge >= 0.3 is 0 Å². The highest BCUT2D eigenvalue weighted by Crippen LogP contribution is 2.43. The molecule has 0 spiro atoms. The number of aromatic amines is 1. The number of hydrogen-bond donors (Lipinski definition) is 1. The second-order valence-electron chi connectivity index (χ2n) is 8.46. The molecular formula is C24H21ClF3N3. The Morgan fingerprint density at radius 3 is 2.61 bits per heavy atom. The molecule has 3 nitrogen and oxygen atoms in total. The third kappa shape index (κ3) is 3.57. The van der Waals surface area contributed by atoms with Crippen LogP contribution in [0.4, 0.5) is 13.2 Å². The van der Waals surface area contributed by atoms with Crippen LogP contribution in [0.3, 0.4) is 0 Å². The van der Waals surface area contributed by atoms with Crippen molar-refractivity contribution in [2.75, 3.05) is 0 Å². The second kappa shape index (κ2) is 7.83. The molecule has 0 amide bonds. The van der Waals surface area contributed by atoms with Crippen molar-refractivity contribution in [2.45, 2.75) is 44.4 Å². The van der Waals surface area contributed by atoms with E-state index in [1.807, 2.05) is 6.07 Å². The number of halogens is 4. The molecule has 5 rings (SSSR count). The highest BCUT2D eigenvalue weighted by atomic mass is 35.5. The lowest BCUT2D eigenvalue weighted by Gasteiger charge is -2.32. The summed E-state index contributed by atoms with van der Waals surface area (Å²) >= 11 is 6.07. The van der Waals surface area contributed by atoms with Gasteiger partial charge in [-0.15, -0.1) is 0 Å². The number of nitrogens with zero attached hydrogens (tertiary/aromatic N) is 2. The van der Waals surface area contributed by atoms with E-state index in [4.69, 9.17) is 11.6 Å². The molecule has 0 saturated heterocycles. The van der Waals surface area contributed by atoms with Crippen molar-refractivity contribution in [1.82, 2.24) is 15.0 Å². The Morgan fingerprint density at radius 2 is 1.84 bits per heavy atom. The standard InChI is InChI=1S/C24H21ClF3N3/c1-12(24-30-22-18(25)11-19(27)21(28)23(22)31-24)13-2-4-14(5-3-13)16-8-9-29-20-7-6-15(26)10-17(16)20/h6-14H,2-5H2,1H3,(H,30,31)/t12-,13?,14?/m1/s1. The first-order valence-electron chi connectivity index (χ1n) is 10.5. The fourth-order valence-electron chi connectivity index (χ4n) is 4.95. The molecule has 0 unspecified atom stereocenters. The van der Waals surface area contributed by atoms with Gasteiger partial charge in [0.25, 0.3) is 0 Å². The largest absolute Gasteiger partial charge is 0.340 e. The number of H-pyrrole nitrogens is 1. The second-order valence-corrected chi connectivity index (χ2v) is 8.87. The molecule has 1 fully saturated rings. The first-order valence-corrected chi connectivity index (χ1v) is 10.9. The number of aromatic nitrogens is 3. The summed E-state index contributed by atoms with van der Waals surface area (Å²) in [5.41, 5.74) is 2.23. The first-order chi connectivity index (χ1) is 14.9. The highest BCUT2D eigenvalue weighted by Gasteiger charge is 2.30. The lowest BCUT2D eigenvalue weighted by molar-refractivity contribution is 0.286. The Hall–Kier alpha value is -2.60. The van der Waals surface area contributed by atoms with Gasteiger partial charge in [0, 0.05) is 17.5 Å². The molecule has 160 valence electrons. The van der Waals surface area contributed by atoms with E-state index in [9.17, 15) is 13.2 Å². The zero-order valence-electron chi connectivity index (χ0n) is 16.9. The van der Waals surface area contributed by atoms with Crippen LogP contribution < -0.4 is 0 Å². The van der Waals surface area contributed by atoms with Gasteiger partial charge in [-0.05, 0) is 73.4 Å². The van der Waals surface area contributed by atoms with Gasteiger partial charge in [0.15, 0.2) is 11.6 Å². The summed E-state index contributed by atoms with van der Waals surface area (Å²) in [4.78, 5) is 11.8. The highest BCUT2D eigenvalue weighted by molar-refractivity contribution is 6.34. The van der Waals surface area contributed by atoms with E-state index in [0.29, 0.717) is 23.2 Å². The Bertz CT molecular complexity index is 1280. The van der Waals surface area contributed by atoms with E-state index in [-0.39, 0.29) is 22.3 Å². The van der Waals surface area contributed by atoms with Gasteiger partial charge < -0.3 is 4.98 Å². The van der Waals surface area contributed by atoms with Crippen molar-refractivity contribution in [3.63, 3.8) is 0 Å². The van der Waals surface area contributed by atoms with Gasteiger partial charge in [0.2, 0.25) is 0 Å². The van der Waals surface area contributed by atoms with Gasteiger partial charge in [0.05, 0.1) is 16.1 Å². The summed E-state index contributed by atoms with van der Waals surface area (Å²) in [7, 11) is 0. The van der Waals surface area contributed by atoms with Crippen LogP contribution in [-0.2, 0) is 0 Å². The average molecular weight is 444 g/mol. The minimum Gasteiger partial charge on any atom is -0.340 e. The molecular weight excluding hydrogens is 423 g/mol. The summed E-state index contributed by atoms with van der Waals surface area (Å²) in [6, 6.07) is 7.69. The molecule has 0 radical (unpaired) electrons. The summed E-state index contributed by atoms with van der Waals surface area (Å²) in [5.74, 6) is -0.851. The molecule has 2 aromatic heterocycles. The maximum absolute atomic E-state index is 14.1. The third-order valence-electron chi connectivity index (χ3n) is 6.72. The van der Waals surface area contributed by atoms with Gasteiger partial charge in [-0.1, -0.05) is 18.5 Å². The number of nitrogens with one attached hydrogen (secondary N) is 1. The lowest BCUT2D eigenvalue weighted by atomic mass is 9.73. The Kier molecular flexibility index (Phi) is 5.13. The maximum atomic E-state index is 14.1. The number of hydrogen-bond acceptors (Lipinski definition) is 2. The number of imidazole rings is 1. The fourth-order valence-corrected chi connectivity index (χ4v) is 5.18. The van der Waals surface area contributed by atoms with Crippen LogP contribution in [0.25, 0.3) is 21.9 Å². The topological polar surface area (TPSA) is 41.6 Å². The fraction of sp³-hybridized carbons (Fsp3) is 0.333. The summed E-state index contributed by atoms with van der Waals surface area (Å²) in [5, 5.41) is 1.00. The van der Waals surface area contributed by atoms with Crippen LogP contribution in [0.1, 0.15) is 55.8 Å². The molecule has 2 heterocycles. The van der Waals surface area contributed by atoms with E-state index >= 15 is 0 Å². The SMILES string of the molecule is C[C@@H](c1nc2c(F)c(F)cc(Cl)c2[nH]1)C1CCC(c2ccnc3ccc(F)cc23)CC1. The van der Waals surface area contributed by atoms with Gasteiger partial charge in [0.1, 0.15) is 17.2 Å². The normalized spacial score (nSPS) is 20.4. The van der Waals surface area contributed by atoms with Crippen molar-refractivity contribution >= 4 is 33.5 Å². The molecule has 31 heavy (non-hydrogen) atoms. The van der Waals surface area contributed by atoms with Crippen molar-refractivity contribution in [2.24, 2.45) is 5.92 Å². The van der Waals surface area contributed by atoms with Crippen molar-refractivity contribution in [1.29, 1.82) is 0 Å². The van der Waals surface area contributed by atoms with Crippen LogP contribution >= 0.6 is 11.6 Å². The minimum absolute atomic E-state index is 0.0502. The Balaban J connectivity index is 1.36. The Labute approximate surface area is 182 Å². The van der Waals surface area contributed by atoms with Crippen molar-refractivity contribution in [3.8, 4) is 0 Å². The monoisotopic (exact) mass is 443 g/mol. The molecule has 0 aliphatic heterocycles. The smallest absolute Gasteiger partial charge is 0.186 e. The molecule has 1 atom stereocenters. The van der Waals surface area contributed by atoms with Crippen molar-refractivity contribution < 1.29 is 13.2 Å². The molecule has 2 aromatic carbocycles. The van der Waals surface area contributed by atoms with Crippen LogP contribution in [0.15, 0.2) is 36.5 Å². The average Bonchev–Trinajstić information content (AvgIpc) is 3.23. The maximum Gasteiger partial charge on any atom is 0.186 e. The first kappa shape index (κ1) is 20.3. The molecule has 1 aliphatic carbocycles. The van der Waals surface area contributed by atoms with Crippen LogP contribution in [0, 0.1) is 23.4 Å².